The first-order chi connectivity index (χ1) is 12.2. The van der Waals surface area contributed by atoms with Crippen molar-refractivity contribution in [1.82, 2.24) is 0 Å². The lowest BCUT2D eigenvalue weighted by atomic mass is 10.2. The Morgan fingerprint density at radius 2 is 1.52 bits per heavy atom. The van der Waals surface area contributed by atoms with Gasteiger partial charge in [-0.25, -0.2) is 0 Å². The molecule has 5 heteroatoms. The molecule has 0 heterocycles. The zero-order chi connectivity index (χ0) is 17.9. The van der Waals surface area contributed by atoms with Crippen molar-refractivity contribution in [3.8, 4) is 11.5 Å². The number of carbonyl (C=O) groups excluding carboxylic acids is 2. The lowest BCUT2D eigenvalue weighted by Gasteiger charge is -2.08. The van der Waals surface area contributed by atoms with Gasteiger partial charge in [0.2, 0.25) is 0 Å². The maximum atomic E-state index is 11.7. The Morgan fingerprint density at radius 1 is 0.840 bits per heavy atom. The molecule has 0 atom stereocenters. The van der Waals surface area contributed by atoms with Crippen LogP contribution in [-0.2, 0) is 25.7 Å². The van der Waals surface area contributed by atoms with E-state index in [1.165, 1.54) is 0 Å². The normalized spacial score (nSPS) is 10.1. The van der Waals surface area contributed by atoms with E-state index in [-0.39, 0.29) is 31.4 Å². The van der Waals surface area contributed by atoms with E-state index in [1.807, 2.05) is 54.6 Å². The first kappa shape index (κ1) is 18.5. The lowest BCUT2D eigenvalue weighted by molar-refractivity contribution is -0.146. The third-order valence-corrected chi connectivity index (χ3v) is 3.34. The molecule has 0 fully saturated rings. The van der Waals surface area contributed by atoms with Gasteiger partial charge in [0, 0.05) is 12.8 Å². The Labute approximate surface area is 147 Å². The summed E-state index contributed by atoms with van der Waals surface area (Å²) in [5.74, 6) is 0.803. The summed E-state index contributed by atoms with van der Waals surface area (Å²) in [6.07, 6.45) is 0.844. The molecule has 0 aromatic heterocycles. The largest absolute Gasteiger partial charge is 0.466 e. The van der Waals surface area contributed by atoms with Crippen LogP contribution in [-0.4, -0.2) is 18.5 Å². The highest BCUT2D eigenvalue weighted by Crippen LogP contribution is 2.22. The summed E-state index contributed by atoms with van der Waals surface area (Å²) >= 11 is 0. The van der Waals surface area contributed by atoms with Crippen LogP contribution in [0.5, 0.6) is 11.5 Å². The molecule has 25 heavy (non-hydrogen) atoms. The molecule has 0 spiro atoms. The zero-order valence-corrected chi connectivity index (χ0v) is 14.3. The molecule has 2 rings (SSSR count). The summed E-state index contributed by atoms with van der Waals surface area (Å²) < 4.78 is 15.8. The molecule has 0 bridgehead atoms. The summed E-state index contributed by atoms with van der Waals surface area (Å²) in [4.78, 5) is 22.9. The second-order valence-electron chi connectivity index (χ2n) is 5.38. The molecule has 2 aromatic carbocycles. The van der Waals surface area contributed by atoms with Crippen LogP contribution in [0.25, 0.3) is 0 Å². The average Bonchev–Trinajstić information content (AvgIpc) is 2.61. The summed E-state index contributed by atoms with van der Waals surface area (Å²) in [6.45, 7) is 2.27. The minimum absolute atomic E-state index is 0.171. The van der Waals surface area contributed by atoms with Gasteiger partial charge in [0.1, 0.15) is 18.1 Å². The van der Waals surface area contributed by atoms with Crippen molar-refractivity contribution in [3.63, 3.8) is 0 Å². The van der Waals surface area contributed by atoms with Crippen molar-refractivity contribution < 1.29 is 23.8 Å². The highest BCUT2D eigenvalue weighted by molar-refractivity contribution is 5.72. The van der Waals surface area contributed by atoms with E-state index in [1.54, 1.807) is 6.92 Å². The number of benzene rings is 2. The molecule has 0 saturated carbocycles. The van der Waals surface area contributed by atoms with Gasteiger partial charge in [-0.05, 0) is 43.2 Å². The Balaban J connectivity index is 1.76. The smallest absolute Gasteiger partial charge is 0.306 e. The van der Waals surface area contributed by atoms with Gasteiger partial charge < -0.3 is 14.2 Å². The maximum absolute atomic E-state index is 11.7. The van der Waals surface area contributed by atoms with Gasteiger partial charge in [-0.3, -0.25) is 9.59 Å². The average molecular weight is 342 g/mol. The minimum Gasteiger partial charge on any atom is -0.466 e. The van der Waals surface area contributed by atoms with Crippen LogP contribution in [0.3, 0.4) is 0 Å². The van der Waals surface area contributed by atoms with Crippen molar-refractivity contribution in [2.45, 2.75) is 32.8 Å². The molecule has 0 aliphatic heterocycles. The van der Waals surface area contributed by atoms with Crippen molar-refractivity contribution >= 4 is 11.9 Å². The number of rotatable bonds is 9. The molecular weight excluding hydrogens is 320 g/mol. The van der Waals surface area contributed by atoms with E-state index in [4.69, 9.17) is 14.2 Å². The molecule has 2 aromatic rings. The molecule has 5 nitrogen and oxygen atoms in total. The predicted octanol–water partition coefficient (Wildman–Crippen LogP) is 4.26. The van der Waals surface area contributed by atoms with Crippen LogP contribution >= 0.6 is 0 Å². The van der Waals surface area contributed by atoms with Gasteiger partial charge in [-0.1, -0.05) is 30.3 Å². The van der Waals surface area contributed by atoms with Crippen LogP contribution in [0.4, 0.5) is 0 Å². The van der Waals surface area contributed by atoms with Crippen LogP contribution in [0.15, 0.2) is 54.6 Å². The third-order valence-electron chi connectivity index (χ3n) is 3.34. The van der Waals surface area contributed by atoms with Crippen molar-refractivity contribution in [2.75, 3.05) is 6.61 Å². The van der Waals surface area contributed by atoms with E-state index in [2.05, 4.69) is 0 Å². The van der Waals surface area contributed by atoms with E-state index >= 15 is 0 Å². The highest BCUT2D eigenvalue weighted by atomic mass is 16.5. The van der Waals surface area contributed by atoms with Crippen LogP contribution in [0, 0.1) is 0 Å². The van der Waals surface area contributed by atoms with Crippen LogP contribution in [0.2, 0.25) is 0 Å². The standard InChI is InChI=1S/C20H22O5/c1-2-23-19(21)12-7-13-20(22)24-15-16-8-6-11-18(14-16)25-17-9-4-3-5-10-17/h3-6,8-11,14H,2,7,12-13,15H2,1H3. The Morgan fingerprint density at radius 3 is 2.24 bits per heavy atom. The fourth-order valence-electron chi connectivity index (χ4n) is 2.17. The molecule has 0 aliphatic carbocycles. The van der Waals surface area contributed by atoms with Gasteiger partial charge in [-0.2, -0.15) is 0 Å². The molecule has 0 saturated heterocycles. The summed E-state index contributed by atoms with van der Waals surface area (Å²) in [5.41, 5.74) is 0.840. The molecule has 0 radical (unpaired) electrons. The fraction of sp³-hybridized carbons (Fsp3) is 0.300. The summed E-state index contributed by atoms with van der Waals surface area (Å²) in [7, 11) is 0. The van der Waals surface area contributed by atoms with Gasteiger partial charge in [-0.15, -0.1) is 0 Å². The molecular formula is C20H22O5. The van der Waals surface area contributed by atoms with Crippen molar-refractivity contribution in [2.24, 2.45) is 0 Å². The fourth-order valence-corrected chi connectivity index (χ4v) is 2.17. The Kier molecular flexibility index (Phi) is 7.50. The molecule has 0 aliphatic rings. The lowest BCUT2D eigenvalue weighted by Crippen LogP contribution is -2.08. The predicted molar refractivity (Wildman–Crippen MR) is 93.2 cm³/mol. The quantitative estimate of drug-likeness (QED) is 0.637. The van der Waals surface area contributed by atoms with Gasteiger partial charge >= 0.3 is 11.9 Å². The number of esters is 2. The second-order valence-corrected chi connectivity index (χ2v) is 5.38. The molecule has 0 unspecified atom stereocenters. The number of hydrogen-bond donors (Lipinski definition) is 0. The number of carbonyl (C=O) groups is 2. The Bertz CT molecular complexity index is 681. The van der Waals surface area contributed by atoms with Crippen molar-refractivity contribution in [3.05, 3.63) is 60.2 Å². The number of hydrogen-bond acceptors (Lipinski definition) is 5. The number of para-hydroxylation sites is 1. The number of ether oxygens (including phenoxy) is 3. The topological polar surface area (TPSA) is 61.8 Å². The second kappa shape index (κ2) is 10.1. The SMILES string of the molecule is CCOC(=O)CCCC(=O)OCc1cccc(Oc2ccccc2)c1. The van der Waals surface area contributed by atoms with Gasteiger partial charge in [0.05, 0.1) is 6.61 Å². The molecule has 0 amide bonds. The van der Waals surface area contributed by atoms with Gasteiger partial charge in [0.25, 0.3) is 0 Å². The first-order valence-corrected chi connectivity index (χ1v) is 8.30. The Hall–Kier alpha value is -2.82. The summed E-state index contributed by atoms with van der Waals surface area (Å²) in [6, 6.07) is 16.9. The minimum atomic E-state index is -0.335. The third kappa shape index (κ3) is 7.08. The van der Waals surface area contributed by atoms with Crippen LogP contribution < -0.4 is 4.74 Å². The highest BCUT2D eigenvalue weighted by Gasteiger charge is 2.07. The maximum Gasteiger partial charge on any atom is 0.306 e. The van der Waals surface area contributed by atoms with E-state index in [9.17, 15) is 9.59 Å². The van der Waals surface area contributed by atoms with E-state index in [0.29, 0.717) is 18.8 Å². The van der Waals surface area contributed by atoms with Crippen LogP contribution in [0.1, 0.15) is 31.7 Å². The van der Waals surface area contributed by atoms with Crippen molar-refractivity contribution in [1.29, 1.82) is 0 Å². The first-order valence-electron chi connectivity index (χ1n) is 8.30. The summed E-state index contributed by atoms with van der Waals surface area (Å²) in [5, 5.41) is 0. The molecule has 132 valence electrons. The van der Waals surface area contributed by atoms with Gasteiger partial charge in [0.15, 0.2) is 0 Å². The van der Waals surface area contributed by atoms with E-state index < -0.39 is 0 Å². The van der Waals surface area contributed by atoms with E-state index in [0.717, 1.165) is 11.3 Å². The molecule has 0 N–H and O–H groups in total. The monoisotopic (exact) mass is 342 g/mol. The zero-order valence-electron chi connectivity index (χ0n) is 14.3.